The van der Waals surface area contributed by atoms with Crippen molar-refractivity contribution in [1.82, 2.24) is 19.5 Å². The summed E-state index contributed by atoms with van der Waals surface area (Å²) >= 11 is 0. The smallest absolute Gasteiger partial charge is 0.416 e. The molecular formula is C29H30F3N5O3. The Labute approximate surface area is 228 Å². The lowest BCUT2D eigenvalue weighted by molar-refractivity contribution is -0.137. The van der Waals surface area contributed by atoms with Gasteiger partial charge in [0.25, 0.3) is 0 Å². The largest absolute Gasteiger partial charge is 0.507 e. The summed E-state index contributed by atoms with van der Waals surface area (Å²) in [6.07, 6.45) is -1.26. The Bertz CT molecular complexity index is 1560. The summed E-state index contributed by atoms with van der Waals surface area (Å²) in [4.78, 5) is 25.1. The summed E-state index contributed by atoms with van der Waals surface area (Å²) in [5.74, 6) is -0.677. The van der Waals surface area contributed by atoms with Crippen LogP contribution < -0.4 is 5.32 Å². The van der Waals surface area contributed by atoms with Gasteiger partial charge in [0.1, 0.15) is 17.1 Å². The van der Waals surface area contributed by atoms with Crippen LogP contribution in [0.15, 0.2) is 42.5 Å². The fourth-order valence-electron chi connectivity index (χ4n) is 4.94. The van der Waals surface area contributed by atoms with Crippen LogP contribution in [-0.2, 0) is 12.7 Å². The number of carboxylic acid groups (broad SMARTS) is 1. The third kappa shape index (κ3) is 5.32. The predicted molar refractivity (Wildman–Crippen MR) is 144 cm³/mol. The topological polar surface area (TPSA) is 113 Å². The Morgan fingerprint density at radius 3 is 2.35 bits per heavy atom. The molecule has 1 aliphatic rings. The fraction of sp³-hybridized carbons (Fsp3) is 0.379. The number of nitrogens with zero attached hydrogens (tertiary/aromatic N) is 4. The number of phenolic OH excluding ortho intramolecular Hbond substituents is 1. The second kappa shape index (κ2) is 10.4. The van der Waals surface area contributed by atoms with Crippen LogP contribution >= 0.6 is 0 Å². The number of halogens is 3. The summed E-state index contributed by atoms with van der Waals surface area (Å²) in [6.45, 7) is 6.11. The number of benzene rings is 2. The number of anilines is 1. The molecule has 2 heterocycles. The van der Waals surface area contributed by atoms with Crippen LogP contribution in [0.4, 0.5) is 19.0 Å². The molecule has 0 spiro atoms. The van der Waals surface area contributed by atoms with Crippen LogP contribution in [-0.4, -0.2) is 41.7 Å². The predicted octanol–water partition coefficient (Wildman–Crippen LogP) is 6.69. The number of aromatic carboxylic acids is 1. The van der Waals surface area contributed by atoms with Crippen LogP contribution in [0.5, 0.6) is 5.75 Å². The summed E-state index contributed by atoms with van der Waals surface area (Å²) in [6, 6.07) is 9.98. The molecule has 0 saturated heterocycles. The second-order valence-corrected chi connectivity index (χ2v) is 10.6. The molecule has 210 valence electrons. The van der Waals surface area contributed by atoms with Crippen LogP contribution in [0.2, 0.25) is 0 Å². The number of imidazole rings is 1. The summed E-state index contributed by atoms with van der Waals surface area (Å²) in [7, 11) is 0. The molecule has 0 amide bonds. The number of rotatable bonds is 8. The monoisotopic (exact) mass is 553 g/mol. The van der Waals surface area contributed by atoms with E-state index in [1.165, 1.54) is 12.1 Å². The van der Waals surface area contributed by atoms with Gasteiger partial charge in [-0.1, -0.05) is 38.5 Å². The minimum atomic E-state index is -4.47. The van der Waals surface area contributed by atoms with Crippen molar-refractivity contribution in [3.8, 4) is 17.1 Å². The molecule has 0 aliphatic heterocycles. The standard InChI is InChI=1S/C29H30F3N5O3/c1-15(2)19-9-12-22(38)21(13-19)27-36-25-23(37(27)14-17-7-10-20(11-8-17)29(30,31)32)24(34-26(35-25)28(39)40)33-16(3)18-5-4-6-18/h7-13,15-16,18,38H,4-6,14H2,1-3H3,(H,39,40)(H,33,34,35). The maximum atomic E-state index is 13.2. The average Bonchev–Trinajstić information content (AvgIpc) is 3.21. The molecule has 1 unspecified atom stereocenters. The van der Waals surface area contributed by atoms with Gasteiger partial charge in [0, 0.05) is 12.6 Å². The van der Waals surface area contributed by atoms with Gasteiger partial charge < -0.3 is 20.1 Å². The molecule has 2 aromatic carbocycles. The number of carboxylic acids is 1. The van der Waals surface area contributed by atoms with Crippen molar-refractivity contribution in [2.75, 3.05) is 5.32 Å². The number of aromatic nitrogens is 4. The highest BCUT2D eigenvalue weighted by Gasteiger charge is 2.31. The van der Waals surface area contributed by atoms with Crippen molar-refractivity contribution in [3.63, 3.8) is 0 Å². The Balaban J connectivity index is 1.72. The number of phenols is 1. The molecule has 0 radical (unpaired) electrons. The Morgan fingerprint density at radius 1 is 1.07 bits per heavy atom. The number of aromatic hydroxyl groups is 1. The summed E-state index contributed by atoms with van der Waals surface area (Å²) in [5.41, 5.74) is 1.63. The SMILES string of the molecule is CC(C)c1ccc(O)c(-c2nc3nc(C(=O)O)nc(NC(C)C4CCC4)c3n2Cc2ccc(C(F)(F)F)cc2)c1. The highest BCUT2D eigenvalue weighted by atomic mass is 19.4. The van der Waals surface area contributed by atoms with Crippen LogP contribution in [0, 0.1) is 5.92 Å². The molecular weight excluding hydrogens is 523 g/mol. The molecule has 2 aromatic heterocycles. The number of hydrogen-bond acceptors (Lipinski definition) is 6. The van der Waals surface area contributed by atoms with Gasteiger partial charge in [-0.25, -0.2) is 19.7 Å². The Kier molecular flexibility index (Phi) is 7.16. The lowest BCUT2D eigenvalue weighted by Gasteiger charge is -2.32. The number of alkyl halides is 3. The first kappa shape index (κ1) is 27.4. The number of hydrogen-bond donors (Lipinski definition) is 3. The van der Waals surface area contributed by atoms with Gasteiger partial charge in [-0.05, 0) is 67.0 Å². The van der Waals surface area contributed by atoms with Crippen molar-refractivity contribution in [2.45, 2.75) is 64.7 Å². The third-order valence-corrected chi connectivity index (χ3v) is 7.57. The van der Waals surface area contributed by atoms with Crippen molar-refractivity contribution in [3.05, 3.63) is 65.0 Å². The zero-order chi connectivity index (χ0) is 28.8. The van der Waals surface area contributed by atoms with E-state index < -0.39 is 23.5 Å². The van der Waals surface area contributed by atoms with E-state index in [2.05, 4.69) is 20.3 Å². The van der Waals surface area contributed by atoms with E-state index in [1.54, 1.807) is 16.7 Å². The van der Waals surface area contributed by atoms with Gasteiger partial charge in [-0.2, -0.15) is 13.2 Å². The lowest BCUT2D eigenvalue weighted by atomic mass is 9.80. The molecule has 8 nitrogen and oxygen atoms in total. The van der Waals surface area contributed by atoms with Crippen molar-refractivity contribution in [2.24, 2.45) is 5.92 Å². The minimum absolute atomic E-state index is 0.0102. The first-order valence-corrected chi connectivity index (χ1v) is 13.2. The fourth-order valence-corrected chi connectivity index (χ4v) is 4.94. The Morgan fingerprint density at radius 2 is 1.77 bits per heavy atom. The summed E-state index contributed by atoms with van der Waals surface area (Å²) in [5, 5.41) is 23.9. The van der Waals surface area contributed by atoms with Gasteiger partial charge in [0.05, 0.1) is 11.1 Å². The first-order chi connectivity index (χ1) is 18.9. The normalized spacial score (nSPS) is 14.9. The van der Waals surface area contributed by atoms with Crippen LogP contribution in [0.1, 0.15) is 73.3 Å². The number of fused-ring (bicyclic) bond motifs is 1. The highest BCUT2D eigenvalue weighted by Crippen LogP contribution is 2.37. The van der Waals surface area contributed by atoms with Gasteiger partial charge >= 0.3 is 12.1 Å². The second-order valence-electron chi connectivity index (χ2n) is 10.6. The van der Waals surface area contributed by atoms with E-state index in [0.29, 0.717) is 28.4 Å². The summed E-state index contributed by atoms with van der Waals surface area (Å²) < 4.78 is 41.3. The molecule has 1 aliphatic carbocycles. The maximum Gasteiger partial charge on any atom is 0.416 e. The van der Waals surface area contributed by atoms with Gasteiger partial charge in [0.2, 0.25) is 5.82 Å². The van der Waals surface area contributed by atoms with E-state index in [0.717, 1.165) is 37.0 Å². The first-order valence-electron chi connectivity index (χ1n) is 13.2. The van der Waals surface area contributed by atoms with Crippen molar-refractivity contribution in [1.29, 1.82) is 0 Å². The van der Waals surface area contributed by atoms with Crippen molar-refractivity contribution >= 4 is 23.0 Å². The molecule has 5 rings (SSSR count). The maximum absolute atomic E-state index is 13.2. The van der Waals surface area contributed by atoms with Crippen LogP contribution in [0.25, 0.3) is 22.6 Å². The van der Waals surface area contributed by atoms with E-state index in [-0.39, 0.29) is 35.7 Å². The van der Waals surface area contributed by atoms with E-state index in [1.807, 2.05) is 26.8 Å². The molecule has 1 fully saturated rings. The lowest BCUT2D eigenvalue weighted by Crippen LogP contribution is -2.31. The molecule has 0 bridgehead atoms. The number of carbonyl (C=O) groups is 1. The zero-order valence-electron chi connectivity index (χ0n) is 22.3. The average molecular weight is 554 g/mol. The molecule has 11 heteroatoms. The quantitative estimate of drug-likeness (QED) is 0.223. The zero-order valence-corrected chi connectivity index (χ0v) is 22.3. The Hall–Kier alpha value is -4.15. The minimum Gasteiger partial charge on any atom is -0.507 e. The molecule has 4 aromatic rings. The molecule has 1 atom stereocenters. The van der Waals surface area contributed by atoms with E-state index in [4.69, 9.17) is 0 Å². The van der Waals surface area contributed by atoms with Crippen LogP contribution in [0.3, 0.4) is 0 Å². The molecule has 40 heavy (non-hydrogen) atoms. The molecule has 3 N–H and O–H groups in total. The molecule has 1 saturated carbocycles. The van der Waals surface area contributed by atoms with E-state index >= 15 is 0 Å². The van der Waals surface area contributed by atoms with Gasteiger partial charge in [-0.15, -0.1) is 0 Å². The highest BCUT2D eigenvalue weighted by molar-refractivity contribution is 5.92. The van der Waals surface area contributed by atoms with E-state index in [9.17, 15) is 28.2 Å². The van der Waals surface area contributed by atoms with Gasteiger partial charge in [0.15, 0.2) is 11.5 Å². The van der Waals surface area contributed by atoms with Gasteiger partial charge in [-0.3, -0.25) is 0 Å². The number of nitrogens with one attached hydrogen (secondary N) is 1. The van der Waals surface area contributed by atoms with Crippen molar-refractivity contribution < 1.29 is 28.2 Å². The third-order valence-electron chi connectivity index (χ3n) is 7.57.